The van der Waals surface area contributed by atoms with Crippen LogP contribution < -0.4 is 25.6 Å². The molecule has 1 aliphatic carbocycles. The van der Waals surface area contributed by atoms with Crippen molar-refractivity contribution >= 4 is 5.91 Å². The molecule has 3 aliphatic rings. The first kappa shape index (κ1) is 16.7. The van der Waals surface area contributed by atoms with E-state index in [-0.39, 0.29) is 12.0 Å². The van der Waals surface area contributed by atoms with Crippen molar-refractivity contribution in [2.45, 2.75) is 56.7 Å². The highest BCUT2D eigenvalue weighted by atomic mass is 16.6. The second-order valence-electron chi connectivity index (χ2n) is 7.29. The van der Waals surface area contributed by atoms with Gasteiger partial charge in [-0.15, -0.1) is 0 Å². The number of ether oxygens (including phenoxy) is 2. The number of para-hydroxylation sites is 2. The zero-order valence-electron chi connectivity index (χ0n) is 14.5. The molecule has 25 heavy (non-hydrogen) atoms. The Bertz CT molecular complexity index is 609. The van der Waals surface area contributed by atoms with Crippen molar-refractivity contribution in [2.75, 3.05) is 13.2 Å². The zero-order valence-corrected chi connectivity index (χ0v) is 14.5. The van der Waals surface area contributed by atoms with Gasteiger partial charge in [-0.25, -0.2) is 0 Å². The SMILES string of the molecule is O=C(CCC1NNC2CCCCC21)NCC1COc2ccccc2O1. The number of carbonyl (C=O) groups is 1. The fourth-order valence-electron chi connectivity index (χ4n) is 4.19. The minimum absolute atomic E-state index is 0.0866. The van der Waals surface area contributed by atoms with Gasteiger partial charge < -0.3 is 14.8 Å². The van der Waals surface area contributed by atoms with E-state index in [1.54, 1.807) is 0 Å². The Balaban J connectivity index is 1.19. The van der Waals surface area contributed by atoms with E-state index >= 15 is 0 Å². The van der Waals surface area contributed by atoms with Crippen LogP contribution in [0.4, 0.5) is 0 Å². The molecule has 4 rings (SSSR count). The fourth-order valence-corrected chi connectivity index (χ4v) is 4.19. The van der Waals surface area contributed by atoms with Crippen molar-refractivity contribution in [3.63, 3.8) is 0 Å². The normalized spacial score (nSPS) is 30.6. The summed E-state index contributed by atoms with van der Waals surface area (Å²) in [5.74, 6) is 2.28. The van der Waals surface area contributed by atoms with Gasteiger partial charge in [0, 0.05) is 18.5 Å². The maximum Gasteiger partial charge on any atom is 0.220 e. The Kier molecular flexibility index (Phi) is 5.08. The third-order valence-electron chi connectivity index (χ3n) is 5.57. The summed E-state index contributed by atoms with van der Waals surface area (Å²) in [5, 5.41) is 2.99. The molecule has 1 amide bonds. The summed E-state index contributed by atoms with van der Waals surface area (Å²) in [6, 6.07) is 8.64. The van der Waals surface area contributed by atoms with E-state index in [4.69, 9.17) is 9.47 Å². The summed E-state index contributed by atoms with van der Waals surface area (Å²) in [6.45, 7) is 0.949. The summed E-state index contributed by atoms with van der Waals surface area (Å²) >= 11 is 0. The molecule has 4 unspecified atom stereocenters. The second-order valence-corrected chi connectivity index (χ2v) is 7.29. The molecule has 3 N–H and O–H groups in total. The van der Waals surface area contributed by atoms with Crippen molar-refractivity contribution < 1.29 is 14.3 Å². The summed E-state index contributed by atoms with van der Waals surface area (Å²) in [5.41, 5.74) is 6.80. The lowest BCUT2D eigenvalue weighted by Crippen LogP contribution is -2.41. The predicted molar refractivity (Wildman–Crippen MR) is 94.4 cm³/mol. The number of benzene rings is 1. The quantitative estimate of drug-likeness (QED) is 0.758. The molecule has 0 spiro atoms. The number of nitrogens with one attached hydrogen (secondary N) is 3. The third-order valence-corrected chi connectivity index (χ3v) is 5.57. The number of hydrazine groups is 1. The van der Waals surface area contributed by atoms with Crippen LogP contribution in [-0.2, 0) is 4.79 Å². The molecule has 0 aromatic heterocycles. The van der Waals surface area contributed by atoms with Gasteiger partial charge in [0.2, 0.25) is 5.91 Å². The summed E-state index contributed by atoms with van der Waals surface area (Å²) in [7, 11) is 0. The van der Waals surface area contributed by atoms with Crippen LogP contribution in [0.5, 0.6) is 11.5 Å². The largest absolute Gasteiger partial charge is 0.486 e. The number of carbonyl (C=O) groups excluding carboxylic acids is 1. The van der Waals surface area contributed by atoms with Crippen molar-refractivity contribution in [1.29, 1.82) is 0 Å². The van der Waals surface area contributed by atoms with Crippen LogP contribution in [0, 0.1) is 5.92 Å². The highest BCUT2D eigenvalue weighted by Gasteiger charge is 2.36. The number of hydrogen-bond donors (Lipinski definition) is 3. The molecule has 2 heterocycles. The molecule has 0 radical (unpaired) electrons. The van der Waals surface area contributed by atoms with Crippen molar-refractivity contribution in [3.8, 4) is 11.5 Å². The van der Waals surface area contributed by atoms with E-state index in [0.29, 0.717) is 37.6 Å². The first-order valence-electron chi connectivity index (χ1n) is 9.46. The average molecular weight is 345 g/mol. The van der Waals surface area contributed by atoms with Crippen LogP contribution in [0.25, 0.3) is 0 Å². The van der Waals surface area contributed by atoms with Gasteiger partial charge in [-0.2, -0.15) is 0 Å². The van der Waals surface area contributed by atoms with Gasteiger partial charge in [-0.1, -0.05) is 25.0 Å². The zero-order chi connectivity index (χ0) is 17.1. The Labute approximate surface area is 148 Å². The standard InChI is InChI=1S/C19H27N3O3/c23-19(10-9-16-14-5-1-2-6-15(14)21-22-16)20-11-13-12-24-17-7-3-4-8-18(17)25-13/h3-4,7-8,13-16,21-22H,1-2,5-6,9-12H2,(H,20,23). The van der Waals surface area contributed by atoms with Gasteiger partial charge in [0.25, 0.3) is 0 Å². The molecular weight excluding hydrogens is 318 g/mol. The number of fused-ring (bicyclic) bond motifs is 2. The topological polar surface area (TPSA) is 71.6 Å². The first-order valence-corrected chi connectivity index (χ1v) is 9.46. The van der Waals surface area contributed by atoms with Crippen molar-refractivity contribution in [1.82, 2.24) is 16.2 Å². The lowest BCUT2D eigenvalue weighted by atomic mass is 9.80. The number of amides is 1. The van der Waals surface area contributed by atoms with Gasteiger partial charge in [-0.05, 0) is 37.3 Å². The third kappa shape index (κ3) is 3.90. The monoisotopic (exact) mass is 345 g/mol. The molecule has 1 aromatic rings. The van der Waals surface area contributed by atoms with Gasteiger partial charge in [0.15, 0.2) is 11.5 Å². The van der Waals surface area contributed by atoms with Gasteiger partial charge in [-0.3, -0.25) is 15.6 Å². The molecule has 6 heteroatoms. The molecular formula is C19H27N3O3. The molecule has 2 aliphatic heterocycles. The van der Waals surface area contributed by atoms with E-state index in [2.05, 4.69) is 16.2 Å². The first-order chi connectivity index (χ1) is 12.3. The van der Waals surface area contributed by atoms with Crippen LogP contribution in [-0.4, -0.2) is 37.2 Å². The van der Waals surface area contributed by atoms with Crippen LogP contribution in [0.2, 0.25) is 0 Å². The summed E-state index contributed by atoms with van der Waals surface area (Å²) in [6.07, 6.45) is 6.44. The Morgan fingerprint density at radius 3 is 2.92 bits per heavy atom. The molecule has 136 valence electrons. The van der Waals surface area contributed by atoms with Crippen molar-refractivity contribution in [2.24, 2.45) is 5.92 Å². The van der Waals surface area contributed by atoms with Crippen LogP contribution in [0.3, 0.4) is 0 Å². The molecule has 4 atom stereocenters. The maximum atomic E-state index is 12.2. The Hall–Kier alpha value is -1.79. The van der Waals surface area contributed by atoms with Crippen LogP contribution >= 0.6 is 0 Å². The summed E-state index contributed by atoms with van der Waals surface area (Å²) in [4.78, 5) is 12.2. The van der Waals surface area contributed by atoms with Crippen LogP contribution in [0.1, 0.15) is 38.5 Å². The second kappa shape index (κ2) is 7.62. The minimum atomic E-state index is -0.132. The van der Waals surface area contributed by atoms with E-state index in [0.717, 1.165) is 17.9 Å². The smallest absolute Gasteiger partial charge is 0.220 e. The van der Waals surface area contributed by atoms with Crippen LogP contribution in [0.15, 0.2) is 24.3 Å². The van der Waals surface area contributed by atoms with E-state index < -0.39 is 0 Å². The maximum absolute atomic E-state index is 12.2. The fraction of sp³-hybridized carbons (Fsp3) is 0.632. The van der Waals surface area contributed by atoms with Gasteiger partial charge in [0.1, 0.15) is 12.7 Å². The van der Waals surface area contributed by atoms with Crippen molar-refractivity contribution in [3.05, 3.63) is 24.3 Å². The lowest BCUT2D eigenvalue weighted by Gasteiger charge is -2.27. The average Bonchev–Trinajstić information content (AvgIpc) is 3.08. The Morgan fingerprint density at radius 1 is 1.16 bits per heavy atom. The predicted octanol–water partition coefficient (Wildman–Crippen LogP) is 1.76. The Morgan fingerprint density at radius 2 is 2.00 bits per heavy atom. The van der Waals surface area contributed by atoms with E-state index in [1.807, 2.05) is 24.3 Å². The lowest BCUT2D eigenvalue weighted by molar-refractivity contribution is -0.121. The summed E-state index contributed by atoms with van der Waals surface area (Å²) < 4.78 is 11.5. The van der Waals surface area contributed by atoms with E-state index in [9.17, 15) is 4.79 Å². The van der Waals surface area contributed by atoms with Gasteiger partial charge >= 0.3 is 0 Å². The minimum Gasteiger partial charge on any atom is -0.486 e. The van der Waals surface area contributed by atoms with E-state index in [1.165, 1.54) is 25.7 Å². The molecule has 6 nitrogen and oxygen atoms in total. The number of rotatable bonds is 5. The molecule has 2 fully saturated rings. The molecule has 1 saturated carbocycles. The molecule has 0 bridgehead atoms. The number of hydrogen-bond acceptors (Lipinski definition) is 5. The molecule has 1 aromatic carbocycles. The van der Waals surface area contributed by atoms with Gasteiger partial charge in [0.05, 0.1) is 6.54 Å². The highest BCUT2D eigenvalue weighted by Crippen LogP contribution is 2.32. The molecule has 1 saturated heterocycles. The highest BCUT2D eigenvalue weighted by molar-refractivity contribution is 5.75.